The predicted octanol–water partition coefficient (Wildman–Crippen LogP) is 0.0966. The van der Waals surface area contributed by atoms with E-state index in [1.165, 1.54) is 0 Å². The average molecular weight is 209 g/mol. The normalized spacial score (nSPS) is 20.6. The molecular weight excluding hydrogens is 194 g/mol. The van der Waals surface area contributed by atoms with Crippen molar-refractivity contribution in [1.82, 2.24) is 15.1 Å². The van der Waals surface area contributed by atoms with E-state index in [0.717, 1.165) is 25.1 Å². The number of hydrogen-bond acceptors (Lipinski definition) is 4. The second-order valence-corrected chi connectivity index (χ2v) is 3.74. The zero-order chi connectivity index (χ0) is 10.7. The lowest BCUT2D eigenvalue weighted by Gasteiger charge is -2.08. The van der Waals surface area contributed by atoms with Gasteiger partial charge in [0, 0.05) is 19.2 Å². The molecule has 2 heterocycles. The summed E-state index contributed by atoms with van der Waals surface area (Å²) in [6.45, 7) is 4.06. The van der Waals surface area contributed by atoms with Crippen molar-refractivity contribution >= 4 is 5.97 Å². The number of aromatic nitrogens is 2. The number of carbonyl (C=O) groups excluding carboxylic acids is 1. The molecule has 1 aromatic heterocycles. The van der Waals surface area contributed by atoms with Gasteiger partial charge in [-0.1, -0.05) is 0 Å². The Morgan fingerprint density at radius 1 is 1.73 bits per heavy atom. The number of nitrogens with zero attached hydrogens (tertiary/aromatic N) is 2. The molecule has 1 aliphatic heterocycles. The highest BCUT2D eigenvalue weighted by atomic mass is 16.5. The first kappa shape index (κ1) is 10.2. The zero-order valence-electron chi connectivity index (χ0n) is 8.77. The predicted molar refractivity (Wildman–Crippen MR) is 54.3 cm³/mol. The van der Waals surface area contributed by atoms with Gasteiger partial charge in [-0.15, -0.1) is 0 Å². The fraction of sp³-hybridized carbons (Fsp3) is 0.600. The summed E-state index contributed by atoms with van der Waals surface area (Å²) >= 11 is 0. The highest BCUT2D eigenvalue weighted by Crippen LogP contribution is 2.05. The number of rotatable bonds is 4. The minimum Gasteiger partial charge on any atom is -0.464 e. The molecule has 1 aromatic rings. The molecule has 0 aromatic carbocycles. The van der Waals surface area contributed by atoms with Crippen LogP contribution in [0, 0.1) is 6.92 Å². The van der Waals surface area contributed by atoms with E-state index in [-0.39, 0.29) is 12.0 Å². The minimum atomic E-state index is -0.133. The summed E-state index contributed by atoms with van der Waals surface area (Å²) in [5.74, 6) is -0.133. The van der Waals surface area contributed by atoms with Gasteiger partial charge >= 0.3 is 5.97 Å². The molecule has 0 radical (unpaired) electrons. The van der Waals surface area contributed by atoms with Crippen LogP contribution >= 0.6 is 0 Å². The molecule has 0 amide bonds. The topological polar surface area (TPSA) is 56.1 Å². The van der Waals surface area contributed by atoms with Crippen LogP contribution in [0.3, 0.4) is 0 Å². The fourth-order valence-electron chi connectivity index (χ4n) is 1.62. The third kappa shape index (κ3) is 2.56. The summed E-state index contributed by atoms with van der Waals surface area (Å²) in [5.41, 5.74) is 1.15. The number of hydrogen-bond donors (Lipinski definition) is 1. The maximum atomic E-state index is 11.1. The third-order valence-electron chi connectivity index (χ3n) is 2.43. The maximum absolute atomic E-state index is 11.1. The molecule has 0 spiro atoms. The van der Waals surface area contributed by atoms with Crippen LogP contribution in [0.25, 0.3) is 0 Å². The maximum Gasteiger partial charge on any atom is 0.323 e. The molecule has 1 saturated heterocycles. The Balaban J connectivity index is 1.73. The molecule has 0 aliphatic carbocycles. The summed E-state index contributed by atoms with van der Waals surface area (Å²) in [4.78, 5) is 11.1. The first-order valence-corrected chi connectivity index (χ1v) is 5.15. The molecule has 0 bridgehead atoms. The highest BCUT2D eigenvalue weighted by Gasteiger charge is 2.25. The first-order chi connectivity index (χ1) is 7.25. The summed E-state index contributed by atoms with van der Waals surface area (Å²) in [7, 11) is 0. The average Bonchev–Trinajstić information content (AvgIpc) is 2.77. The molecule has 82 valence electrons. The van der Waals surface area contributed by atoms with E-state index < -0.39 is 0 Å². The standard InChI is InChI=1S/C10H15N3O2/c1-8-6-12-13(7-8)4-3-11-9-2-5-15-10(9)14/h6-7,9,11H,2-5H2,1H3/t9-/m0/s1. The van der Waals surface area contributed by atoms with E-state index in [0.29, 0.717) is 6.61 Å². The van der Waals surface area contributed by atoms with Gasteiger partial charge < -0.3 is 10.1 Å². The second kappa shape index (κ2) is 4.44. The van der Waals surface area contributed by atoms with Crippen LogP contribution in [0.5, 0.6) is 0 Å². The number of aryl methyl sites for hydroxylation is 1. The van der Waals surface area contributed by atoms with Gasteiger partial charge in [0.25, 0.3) is 0 Å². The van der Waals surface area contributed by atoms with Crippen molar-refractivity contribution in [3.05, 3.63) is 18.0 Å². The van der Waals surface area contributed by atoms with E-state index >= 15 is 0 Å². The third-order valence-corrected chi connectivity index (χ3v) is 2.43. The molecule has 15 heavy (non-hydrogen) atoms. The lowest BCUT2D eigenvalue weighted by molar-refractivity contribution is -0.139. The molecular formula is C10H15N3O2. The number of nitrogens with one attached hydrogen (secondary N) is 1. The smallest absolute Gasteiger partial charge is 0.323 e. The highest BCUT2D eigenvalue weighted by molar-refractivity contribution is 5.77. The van der Waals surface area contributed by atoms with Crippen molar-refractivity contribution in [3.63, 3.8) is 0 Å². The molecule has 5 heteroatoms. The van der Waals surface area contributed by atoms with Crippen LogP contribution in [0.2, 0.25) is 0 Å². The summed E-state index contributed by atoms with van der Waals surface area (Å²) < 4.78 is 6.71. The van der Waals surface area contributed by atoms with Crippen molar-refractivity contribution in [3.8, 4) is 0 Å². The van der Waals surface area contributed by atoms with Crippen molar-refractivity contribution in [1.29, 1.82) is 0 Å². The fourth-order valence-corrected chi connectivity index (χ4v) is 1.62. The number of esters is 1. The van der Waals surface area contributed by atoms with Gasteiger partial charge in [-0.25, -0.2) is 0 Å². The van der Waals surface area contributed by atoms with Crippen LogP contribution in [0.1, 0.15) is 12.0 Å². The number of cyclic esters (lactones) is 1. The van der Waals surface area contributed by atoms with E-state index in [1.807, 2.05) is 24.0 Å². The SMILES string of the molecule is Cc1cnn(CCN[C@H]2CCOC2=O)c1. The Bertz CT molecular complexity index is 348. The quantitative estimate of drug-likeness (QED) is 0.714. The Morgan fingerprint density at radius 2 is 2.60 bits per heavy atom. The molecule has 1 fully saturated rings. The lowest BCUT2D eigenvalue weighted by Crippen LogP contribution is -2.35. The van der Waals surface area contributed by atoms with Crippen molar-refractivity contribution in [2.75, 3.05) is 13.2 Å². The zero-order valence-corrected chi connectivity index (χ0v) is 8.77. The van der Waals surface area contributed by atoms with Gasteiger partial charge in [0.1, 0.15) is 6.04 Å². The van der Waals surface area contributed by atoms with E-state index in [4.69, 9.17) is 4.74 Å². The molecule has 1 aliphatic rings. The minimum absolute atomic E-state index is 0.123. The van der Waals surface area contributed by atoms with Crippen LogP contribution in [-0.2, 0) is 16.1 Å². The number of ether oxygens (including phenoxy) is 1. The monoisotopic (exact) mass is 209 g/mol. The van der Waals surface area contributed by atoms with Crippen molar-refractivity contribution in [2.24, 2.45) is 0 Å². The van der Waals surface area contributed by atoms with Gasteiger partial charge in [-0.05, 0) is 12.5 Å². The van der Waals surface area contributed by atoms with E-state index in [9.17, 15) is 4.79 Å². The first-order valence-electron chi connectivity index (χ1n) is 5.15. The van der Waals surface area contributed by atoms with Crippen LogP contribution in [-0.4, -0.2) is 34.9 Å². The summed E-state index contributed by atoms with van der Waals surface area (Å²) in [6, 6.07) is -0.123. The summed E-state index contributed by atoms with van der Waals surface area (Å²) in [5, 5.41) is 7.31. The van der Waals surface area contributed by atoms with E-state index in [2.05, 4.69) is 10.4 Å². The van der Waals surface area contributed by atoms with Crippen LogP contribution in [0.4, 0.5) is 0 Å². The van der Waals surface area contributed by atoms with Gasteiger partial charge in [0.05, 0.1) is 19.3 Å². The molecule has 0 saturated carbocycles. The summed E-state index contributed by atoms with van der Waals surface area (Å²) in [6.07, 6.45) is 4.58. The van der Waals surface area contributed by atoms with Crippen LogP contribution in [0.15, 0.2) is 12.4 Å². The van der Waals surface area contributed by atoms with Gasteiger partial charge in [0.2, 0.25) is 0 Å². The van der Waals surface area contributed by atoms with E-state index in [1.54, 1.807) is 0 Å². The Kier molecular flexibility index (Phi) is 3.01. The van der Waals surface area contributed by atoms with Gasteiger partial charge in [-0.3, -0.25) is 9.48 Å². The lowest BCUT2D eigenvalue weighted by atomic mass is 10.2. The van der Waals surface area contributed by atoms with Gasteiger partial charge in [-0.2, -0.15) is 5.10 Å². The van der Waals surface area contributed by atoms with Crippen molar-refractivity contribution < 1.29 is 9.53 Å². The Labute approximate surface area is 88.4 Å². The number of carbonyl (C=O) groups is 1. The van der Waals surface area contributed by atoms with Crippen molar-refractivity contribution in [2.45, 2.75) is 25.9 Å². The molecule has 1 atom stereocenters. The molecule has 1 N–H and O–H groups in total. The van der Waals surface area contributed by atoms with Gasteiger partial charge in [0.15, 0.2) is 0 Å². The Morgan fingerprint density at radius 3 is 3.20 bits per heavy atom. The molecule has 5 nitrogen and oxygen atoms in total. The molecule has 0 unspecified atom stereocenters. The molecule has 2 rings (SSSR count). The largest absolute Gasteiger partial charge is 0.464 e. The van der Waals surface area contributed by atoms with Crippen LogP contribution < -0.4 is 5.32 Å². The Hall–Kier alpha value is -1.36. The second-order valence-electron chi connectivity index (χ2n) is 3.74.